The molecule has 176 valence electrons. The number of hydrogen-bond acceptors (Lipinski definition) is 6. The summed E-state index contributed by atoms with van der Waals surface area (Å²) in [6, 6.07) is 15.1. The maximum Gasteiger partial charge on any atom is 0.411 e. The van der Waals surface area contributed by atoms with Gasteiger partial charge in [0.05, 0.1) is 18.8 Å². The largest absolute Gasteiger partial charge is 0.445 e. The lowest BCUT2D eigenvalue weighted by Gasteiger charge is -2.37. The van der Waals surface area contributed by atoms with Gasteiger partial charge in [-0.15, -0.1) is 6.58 Å². The molecule has 1 aliphatic heterocycles. The first-order valence-corrected chi connectivity index (χ1v) is 11.0. The third-order valence-corrected chi connectivity index (χ3v) is 5.33. The standard InChI is InChI=1S/C26H32N2O5/c1-4-14-28(3)17-23-16-24(20-8-6-19(18-29)7-9-20)33-25(32-23)21-10-12-22(13-11-21)27-26(30)31-15-5-2/h4-13,23-25,29H,1-2,14-18H2,3H3,(H,27,30)/t23-,24+,25+/m0/s1. The van der Waals surface area contributed by atoms with Gasteiger partial charge in [-0.05, 0) is 30.3 Å². The molecule has 1 saturated heterocycles. The van der Waals surface area contributed by atoms with E-state index in [-0.39, 0.29) is 25.4 Å². The number of rotatable bonds is 10. The van der Waals surface area contributed by atoms with Crippen LogP contribution < -0.4 is 5.32 Å². The van der Waals surface area contributed by atoms with Crippen molar-refractivity contribution in [1.29, 1.82) is 0 Å². The van der Waals surface area contributed by atoms with E-state index in [1.165, 1.54) is 6.08 Å². The summed E-state index contributed by atoms with van der Waals surface area (Å²) < 4.78 is 17.6. The number of likely N-dealkylation sites (N-methyl/N-ethyl adjacent to an activating group) is 1. The molecular weight excluding hydrogens is 420 g/mol. The molecule has 0 aliphatic carbocycles. The van der Waals surface area contributed by atoms with Crippen molar-refractivity contribution in [2.45, 2.75) is 31.5 Å². The second-order valence-corrected chi connectivity index (χ2v) is 7.99. The number of nitrogens with one attached hydrogen (secondary N) is 1. The van der Waals surface area contributed by atoms with E-state index in [1.54, 1.807) is 12.1 Å². The molecule has 0 saturated carbocycles. The summed E-state index contributed by atoms with van der Waals surface area (Å²) in [7, 11) is 2.03. The van der Waals surface area contributed by atoms with Crippen LogP contribution in [0.25, 0.3) is 0 Å². The van der Waals surface area contributed by atoms with Gasteiger partial charge in [-0.2, -0.15) is 0 Å². The SMILES string of the molecule is C=CCOC(=O)Nc1ccc([C@@H]2O[C@H](CN(C)CC=C)C[C@H](c3ccc(CO)cc3)O2)cc1. The molecule has 0 radical (unpaired) electrons. The number of amides is 1. The third-order valence-electron chi connectivity index (χ3n) is 5.33. The van der Waals surface area contributed by atoms with Crippen LogP contribution >= 0.6 is 0 Å². The van der Waals surface area contributed by atoms with Crippen LogP contribution in [0.3, 0.4) is 0 Å². The Bertz CT molecular complexity index is 913. The Morgan fingerprint density at radius 2 is 1.82 bits per heavy atom. The van der Waals surface area contributed by atoms with E-state index in [0.29, 0.717) is 12.1 Å². The Morgan fingerprint density at radius 3 is 2.45 bits per heavy atom. The van der Waals surface area contributed by atoms with E-state index in [2.05, 4.69) is 23.4 Å². The number of aliphatic hydroxyl groups is 1. The normalized spacial score (nSPS) is 20.3. The number of nitrogens with zero attached hydrogens (tertiary/aromatic N) is 1. The minimum absolute atomic E-state index is 0.00797. The maximum atomic E-state index is 11.7. The molecule has 1 fully saturated rings. The zero-order valence-corrected chi connectivity index (χ0v) is 19.0. The van der Waals surface area contributed by atoms with Crippen LogP contribution in [0.4, 0.5) is 10.5 Å². The zero-order chi connectivity index (χ0) is 23.6. The molecule has 2 N–H and O–H groups in total. The topological polar surface area (TPSA) is 80.3 Å². The predicted octanol–water partition coefficient (Wildman–Crippen LogP) is 4.58. The smallest absolute Gasteiger partial charge is 0.411 e. The van der Waals surface area contributed by atoms with Crippen molar-refractivity contribution in [2.24, 2.45) is 0 Å². The molecule has 1 aliphatic rings. The van der Waals surface area contributed by atoms with Crippen molar-refractivity contribution in [3.05, 3.63) is 90.5 Å². The zero-order valence-electron chi connectivity index (χ0n) is 19.0. The highest BCUT2D eigenvalue weighted by Gasteiger charge is 2.32. The van der Waals surface area contributed by atoms with Crippen LogP contribution in [0.5, 0.6) is 0 Å². The number of anilines is 1. The Hall–Kier alpha value is -2.97. The van der Waals surface area contributed by atoms with E-state index in [4.69, 9.17) is 14.2 Å². The summed E-state index contributed by atoms with van der Waals surface area (Å²) in [4.78, 5) is 13.9. The van der Waals surface area contributed by atoms with Gasteiger partial charge in [-0.1, -0.05) is 55.1 Å². The highest BCUT2D eigenvalue weighted by Crippen LogP contribution is 2.38. The molecule has 3 rings (SSSR count). The Balaban J connectivity index is 1.74. The molecule has 33 heavy (non-hydrogen) atoms. The first-order valence-electron chi connectivity index (χ1n) is 11.0. The average molecular weight is 453 g/mol. The summed E-state index contributed by atoms with van der Waals surface area (Å²) in [5.41, 5.74) is 3.37. The van der Waals surface area contributed by atoms with E-state index >= 15 is 0 Å². The summed E-state index contributed by atoms with van der Waals surface area (Å²) in [5, 5.41) is 12.0. The fourth-order valence-corrected chi connectivity index (χ4v) is 3.69. The van der Waals surface area contributed by atoms with E-state index in [0.717, 1.165) is 29.8 Å². The van der Waals surface area contributed by atoms with Gasteiger partial charge in [0.25, 0.3) is 0 Å². The third kappa shape index (κ3) is 7.27. The first-order chi connectivity index (χ1) is 16.0. The summed E-state index contributed by atoms with van der Waals surface area (Å²) in [5.74, 6) is 0. The molecular formula is C26H32N2O5. The maximum absolute atomic E-state index is 11.7. The molecule has 0 unspecified atom stereocenters. The molecule has 1 amide bonds. The molecule has 1 heterocycles. The lowest BCUT2D eigenvalue weighted by molar-refractivity contribution is -0.252. The van der Waals surface area contributed by atoms with Crippen LogP contribution in [0.1, 0.15) is 35.5 Å². The van der Waals surface area contributed by atoms with Crippen molar-refractivity contribution in [1.82, 2.24) is 4.90 Å². The number of ether oxygens (including phenoxy) is 3. The quantitative estimate of drug-likeness (QED) is 0.514. The number of carbonyl (C=O) groups is 1. The number of hydrogen-bond donors (Lipinski definition) is 2. The summed E-state index contributed by atoms with van der Waals surface area (Å²) >= 11 is 0. The van der Waals surface area contributed by atoms with Gasteiger partial charge in [0.2, 0.25) is 0 Å². The number of aliphatic hydroxyl groups excluding tert-OH is 1. The highest BCUT2D eigenvalue weighted by atomic mass is 16.7. The van der Waals surface area contributed by atoms with E-state index in [9.17, 15) is 9.90 Å². The average Bonchev–Trinajstić information content (AvgIpc) is 2.83. The molecule has 0 spiro atoms. The molecule has 7 heteroatoms. The molecule has 7 nitrogen and oxygen atoms in total. The van der Waals surface area contributed by atoms with Crippen molar-refractivity contribution in [2.75, 3.05) is 32.1 Å². The highest BCUT2D eigenvalue weighted by molar-refractivity contribution is 5.84. The summed E-state index contributed by atoms with van der Waals surface area (Å²) in [6.07, 6.45) is 2.82. The van der Waals surface area contributed by atoms with Crippen molar-refractivity contribution >= 4 is 11.8 Å². The van der Waals surface area contributed by atoms with Crippen LogP contribution in [0.15, 0.2) is 73.8 Å². The predicted molar refractivity (Wildman–Crippen MR) is 128 cm³/mol. The summed E-state index contributed by atoms with van der Waals surface area (Å²) in [6.45, 7) is 9.00. The van der Waals surface area contributed by atoms with Gasteiger partial charge in [0.1, 0.15) is 6.61 Å². The van der Waals surface area contributed by atoms with Crippen LogP contribution in [0, 0.1) is 0 Å². The van der Waals surface area contributed by atoms with Gasteiger partial charge in [0.15, 0.2) is 6.29 Å². The van der Waals surface area contributed by atoms with Crippen molar-refractivity contribution in [3.8, 4) is 0 Å². The minimum Gasteiger partial charge on any atom is -0.445 e. The molecule has 2 aromatic rings. The van der Waals surface area contributed by atoms with Crippen LogP contribution in [-0.2, 0) is 20.8 Å². The van der Waals surface area contributed by atoms with Crippen LogP contribution in [0.2, 0.25) is 0 Å². The van der Waals surface area contributed by atoms with Gasteiger partial charge < -0.3 is 24.2 Å². The van der Waals surface area contributed by atoms with Gasteiger partial charge in [0, 0.05) is 30.8 Å². The Morgan fingerprint density at radius 1 is 1.12 bits per heavy atom. The molecule has 0 aromatic heterocycles. The van der Waals surface area contributed by atoms with Crippen molar-refractivity contribution < 1.29 is 24.1 Å². The lowest BCUT2D eigenvalue weighted by atomic mass is 9.99. The fraction of sp³-hybridized carbons (Fsp3) is 0.346. The van der Waals surface area contributed by atoms with Crippen LogP contribution in [-0.4, -0.2) is 48.9 Å². The van der Waals surface area contributed by atoms with Crippen molar-refractivity contribution in [3.63, 3.8) is 0 Å². The van der Waals surface area contributed by atoms with Gasteiger partial charge >= 0.3 is 6.09 Å². The van der Waals surface area contributed by atoms with Gasteiger partial charge in [-0.3, -0.25) is 5.32 Å². The number of carbonyl (C=O) groups excluding carboxylic acids is 1. The minimum atomic E-state index is -0.551. The molecule has 0 bridgehead atoms. The fourth-order valence-electron chi connectivity index (χ4n) is 3.69. The van der Waals surface area contributed by atoms with E-state index in [1.807, 2.05) is 49.5 Å². The molecule has 3 atom stereocenters. The Labute approximate surface area is 195 Å². The Kier molecular flexibility index (Phi) is 9.21. The second-order valence-electron chi connectivity index (χ2n) is 7.99. The second kappa shape index (κ2) is 12.3. The molecule has 2 aromatic carbocycles. The monoisotopic (exact) mass is 452 g/mol. The van der Waals surface area contributed by atoms with Gasteiger partial charge in [-0.25, -0.2) is 4.79 Å². The first kappa shape index (κ1) is 24.7. The van der Waals surface area contributed by atoms with E-state index < -0.39 is 12.4 Å². The number of benzene rings is 2. The lowest BCUT2D eigenvalue weighted by Crippen LogP contribution is -2.37.